The lowest BCUT2D eigenvalue weighted by Gasteiger charge is -2.28. The van der Waals surface area contributed by atoms with Crippen LogP contribution in [0.25, 0.3) is 0 Å². The van der Waals surface area contributed by atoms with E-state index in [4.69, 9.17) is 0 Å². The van der Waals surface area contributed by atoms with E-state index < -0.39 is 0 Å². The SMILES string of the molecule is O=C(NCC[NH+]1CCCC1)c1ccc2c(c1)NC(=O)C([NH+]1CCCC1)S2. The highest BCUT2D eigenvalue weighted by Crippen LogP contribution is 2.34. The van der Waals surface area contributed by atoms with Crippen LogP contribution in [0, 0.1) is 0 Å². The molecule has 0 aromatic heterocycles. The predicted molar refractivity (Wildman–Crippen MR) is 102 cm³/mol. The average Bonchev–Trinajstić information content (AvgIpc) is 3.34. The molecule has 0 bridgehead atoms. The minimum Gasteiger partial charge on any atom is -0.346 e. The Labute approximate surface area is 158 Å². The van der Waals surface area contributed by atoms with Crippen LogP contribution in [0.1, 0.15) is 36.0 Å². The van der Waals surface area contributed by atoms with Gasteiger partial charge in [0, 0.05) is 36.1 Å². The molecule has 2 amide bonds. The smallest absolute Gasteiger partial charge is 0.294 e. The molecule has 6 nitrogen and oxygen atoms in total. The number of carbonyl (C=O) groups is 2. The summed E-state index contributed by atoms with van der Waals surface area (Å²) in [5, 5.41) is 5.97. The Morgan fingerprint density at radius 1 is 1.15 bits per heavy atom. The van der Waals surface area contributed by atoms with Gasteiger partial charge >= 0.3 is 0 Å². The molecular weight excluding hydrogens is 348 g/mol. The number of benzene rings is 1. The van der Waals surface area contributed by atoms with Crippen molar-refractivity contribution in [3.05, 3.63) is 23.8 Å². The van der Waals surface area contributed by atoms with Gasteiger partial charge in [0.05, 0.1) is 45.0 Å². The summed E-state index contributed by atoms with van der Waals surface area (Å²) in [5.74, 6) is 0.00697. The maximum atomic E-state index is 12.5. The fraction of sp³-hybridized carbons (Fsp3) is 0.579. The molecule has 2 fully saturated rings. The van der Waals surface area contributed by atoms with Gasteiger partial charge in [-0.2, -0.15) is 0 Å². The zero-order valence-corrected chi connectivity index (χ0v) is 15.9. The van der Waals surface area contributed by atoms with Crippen LogP contribution in [0.5, 0.6) is 0 Å². The number of quaternary nitrogens is 2. The first kappa shape index (κ1) is 17.8. The molecule has 0 saturated carbocycles. The molecule has 3 aliphatic rings. The first-order valence-corrected chi connectivity index (χ1v) is 10.7. The molecule has 4 rings (SSSR count). The van der Waals surface area contributed by atoms with Crippen LogP contribution in [-0.4, -0.2) is 56.5 Å². The molecule has 0 radical (unpaired) electrons. The Kier molecular flexibility index (Phi) is 5.47. The Bertz CT molecular complexity index is 684. The number of hydrogen-bond acceptors (Lipinski definition) is 3. The van der Waals surface area contributed by atoms with Crippen molar-refractivity contribution < 1.29 is 19.4 Å². The minimum atomic E-state index is -0.0619. The Balaban J connectivity index is 1.37. The van der Waals surface area contributed by atoms with Crippen molar-refractivity contribution in [3.8, 4) is 0 Å². The van der Waals surface area contributed by atoms with E-state index in [2.05, 4.69) is 10.6 Å². The first-order valence-electron chi connectivity index (χ1n) is 9.78. The summed E-state index contributed by atoms with van der Waals surface area (Å²) in [6.45, 7) is 6.27. The van der Waals surface area contributed by atoms with E-state index in [1.165, 1.54) is 43.7 Å². The van der Waals surface area contributed by atoms with Crippen LogP contribution < -0.4 is 20.4 Å². The fourth-order valence-corrected chi connectivity index (χ4v) is 5.40. The van der Waals surface area contributed by atoms with Crippen molar-refractivity contribution in [2.45, 2.75) is 36.0 Å². The second-order valence-electron chi connectivity index (χ2n) is 7.53. The lowest BCUT2D eigenvalue weighted by Crippen LogP contribution is -3.14. The molecule has 0 aliphatic carbocycles. The van der Waals surface area contributed by atoms with Gasteiger partial charge in [-0.3, -0.25) is 9.59 Å². The minimum absolute atomic E-state index is 0.0575. The molecule has 2 saturated heterocycles. The molecule has 1 aromatic rings. The number of likely N-dealkylation sites (tertiary alicyclic amines) is 2. The quantitative estimate of drug-likeness (QED) is 0.541. The number of fused-ring (bicyclic) bond motifs is 1. The third-order valence-corrected chi connectivity index (χ3v) is 7.07. The van der Waals surface area contributed by atoms with Gasteiger partial charge in [-0.1, -0.05) is 11.8 Å². The van der Waals surface area contributed by atoms with E-state index in [1.807, 2.05) is 18.2 Å². The van der Waals surface area contributed by atoms with Crippen LogP contribution in [0.15, 0.2) is 23.1 Å². The second-order valence-corrected chi connectivity index (χ2v) is 8.67. The summed E-state index contributed by atoms with van der Waals surface area (Å²) in [7, 11) is 0. The monoisotopic (exact) mass is 376 g/mol. The van der Waals surface area contributed by atoms with Crippen LogP contribution in [0.4, 0.5) is 5.69 Å². The molecule has 1 aromatic carbocycles. The summed E-state index contributed by atoms with van der Waals surface area (Å²) < 4.78 is 0. The molecule has 1 atom stereocenters. The fourth-order valence-electron chi connectivity index (χ4n) is 4.19. The van der Waals surface area contributed by atoms with Crippen molar-refractivity contribution in [1.29, 1.82) is 0 Å². The Hall–Kier alpha value is -1.57. The van der Waals surface area contributed by atoms with Crippen molar-refractivity contribution in [2.75, 3.05) is 44.6 Å². The number of nitrogens with one attached hydrogen (secondary N) is 4. The molecule has 4 N–H and O–H groups in total. The predicted octanol–water partition coefficient (Wildman–Crippen LogP) is -0.856. The van der Waals surface area contributed by atoms with Crippen LogP contribution in [-0.2, 0) is 4.79 Å². The van der Waals surface area contributed by atoms with Gasteiger partial charge in [0.15, 0.2) is 0 Å². The molecule has 3 aliphatic heterocycles. The van der Waals surface area contributed by atoms with E-state index in [-0.39, 0.29) is 17.2 Å². The average molecular weight is 377 g/mol. The Morgan fingerprint density at radius 2 is 1.88 bits per heavy atom. The molecule has 26 heavy (non-hydrogen) atoms. The molecule has 140 valence electrons. The molecule has 3 heterocycles. The lowest BCUT2D eigenvalue weighted by atomic mass is 10.2. The summed E-state index contributed by atoms with van der Waals surface area (Å²) >= 11 is 1.63. The maximum absolute atomic E-state index is 12.5. The van der Waals surface area contributed by atoms with Crippen LogP contribution in [0.3, 0.4) is 0 Å². The first-order chi connectivity index (χ1) is 12.7. The highest BCUT2D eigenvalue weighted by atomic mass is 32.2. The van der Waals surface area contributed by atoms with Crippen LogP contribution in [0.2, 0.25) is 0 Å². The van der Waals surface area contributed by atoms with Crippen molar-refractivity contribution in [3.63, 3.8) is 0 Å². The van der Waals surface area contributed by atoms with Gasteiger partial charge in [0.2, 0.25) is 5.37 Å². The normalized spacial score (nSPS) is 23.7. The largest absolute Gasteiger partial charge is 0.346 e. The Morgan fingerprint density at radius 3 is 2.65 bits per heavy atom. The van der Waals surface area contributed by atoms with Gasteiger partial charge in [0.25, 0.3) is 11.8 Å². The number of carbonyl (C=O) groups excluding carboxylic acids is 2. The maximum Gasteiger partial charge on any atom is 0.294 e. The van der Waals surface area contributed by atoms with E-state index in [1.54, 1.807) is 16.7 Å². The summed E-state index contributed by atoms with van der Waals surface area (Å²) in [4.78, 5) is 28.9. The van der Waals surface area contributed by atoms with Gasteiger partial charge in [0.1, 0.15) is 0 Å². The van der Waals surface area contributed by atoms with Crippen molar-refractivity contribution in [1.82, 2.24) is 5.32 Å². The van der Waals surface area contributed by atoms with Gasteiger partial charge in [-0.15, -0.1) is 0 Å². The van der Waals surface area contributed by atoms with Gasteiger partial charge in [-0.05, 0) is 18.2 Å². The number of amides is 2. The molecule has 1 unspecified atom stereocenters. The van der Waals surface area contributed by atoms with E-state index in [0.29, 0.717) is 12.1 Å². The van der Waals surface area contributed by atoms with Gasteiger partial charge < -0.3 is 20.4 Å². The van der Waals surface area contributed by atoms with Crippen molar-refractivity contribution >= 4 is 29.3 Å². The second kappa shape index (κ2) is 7.98. The number of thioether (sulfide) groups is 1. The standard InChI is InChI=1S/C19H26N4O2S/c24-17(20-7-12-22-8-1-2-9-22)14-5-6-16-15(13-14)21-18(25)19(26-16)23-10-3-4-11-23/h5-6,13,19H,1-4,7-12H2,(H,20,24)(H,21,25)/p+2. The molecular formula is C19H28N4O2S+2. The summed E-state index contributed by atoms with van der Waals surface area (Å²) in [6.07, 6.45) is 4.99. The van der Waals surface area contributed by atoms with Gasteiger partial charge in [-0.25, -0.2) is 0 Å². The van der Waals surface area contributed by atoms with E-state index in [9.17, 15) is 9.59 Å². The number of hydrogen-bond donors (Lipinski definition) is 4. The highest BCUT2D eigenvalue weighted by Gasteiger charge is 2.37. The zero-order valence-electron chi connectivity index (χ0n) is 15.1. The number of anilines is 1. The molecule has 7 heteroatoms. The number of rotatable bonds is 5. The van der Waals surface area contributed by atoms with E-state index in [0.717, 1.165) is 30.2 Å². The summed E-state index contributed by atoms with van der Waals surface area (Å²) in [5.41, 5.74) is 1.39. The topological polar surface area (TPSA) is 67.1 Å². The molecule has 0 spiro atoms. The zero-order chi connectivity index (χ0) is 17.9. The van der Waals surface area contributed by atoms with Crippen LogP contribution >= 0.6 is 11.8 Å². The third kappa shape index (κ3) is 3.89. The highest BCUT2D eigenvalue weighted by molar-refractivity contribution is 8.00. The van der Waals surface area contributed by atoms with E-state index >= 15 is 0 Å². The third-order valence-electron chi connectivity index (χ3n) is 5.67. The summed E-state index contributed by atoms with van der Waals surface area (Å²) in [6, 6.07) is 5.66. The lowest BCUT2D eigenvalue weighted by molar-refractivity contribution is -0.888. The van der Waals surface area contributed by atoms with Crippen molar-refractivity contribution in [2.24, 2.45) is 0 Å².